The highest BCUT2D eigenvalue weighted by Gasteiger charge is 2.25. The third-order valence-electron chi connectivity index (χ3n) is 10.6. The Balaban J connectivity index is 4.27. The molecule has 0 amide bonds. The fourth-order valence-corrected chi connectivity index (χ4v) is 6.88. The lowest BCUT2D eigenvalue weighted by atomic mass is 10.1. The molecule has 56 heavy (non-hydrogen) atoms. The average molecular weight is 792 g/mol. The number of hydrogen-bond donors (Lipinski definition) is 0. The summed E-state index contributed by atoms with van der Waals surface area (Å²) in [6.45, 7) is 4.64. The molecule has 0 radical (unpaired) electrons. The molecule has 0 aromatic carbocycles. The Labute approximate surface area is 345 Å². The SMILES string of the molecule is CCCCC/C=C/CCCCCCCC(=O)OCC(COCCC(C(=O)[O-])[N+](C)(C)C)OC(=O)CCCCCCCCC/C=C/CCCCCCCCCCC. The Kier molecular flexibility index (Phi) is 38.1. The zero-order valence-electron chi connectivity index (χ0n) is 37.3. The van der Waals surface area contributed by atoms with Gasteiger partial charge in [0.2, 0.25) is 0 Å². The Morgan fingerprint density at radius 1 is 0.518 bits per heavy atom. The second-order valence-corrected chi connectivity index (χ2v) is 17.0. The van der Waals surface area contributed by atoms with Gasteiger partial charge in [0.05, 0.1) is 40.3 Å². The number of carboxylic acids is 1. The highest BCUT2D eigenvalue weighted by Crippen LogP contribution is 2.14. The van der Waals surface area contributed by atoms with Gasteiger partial charge in [-0.2, -0.15) is 0 Å². The molecular formula is C48H89NO7. The maximum atomic E-state index is 12.7. The number of likely N-dealkylation sites (N-methyl/N-ethyl adjacent to an activating group) is 1. The molecule has 2 unspecified atom stereocenters. The summed E-state index contributed by atoms with van der Waals surface area (Å²) in [4.78, 5) is 36.9. The van der Waals surface area contributed by atoms with Gasteiger partial charge in [0.1, 0.15) is 12.6 Å². The zero-order valence-corrected chi connectivity index (χ0v) is 37.3. The van der Waals surface area contributed by atoms with Crippen LogP contribution in [0.5, 0.6) is 0 Å². The van der Waals surface area contributed by atoms with E-state index in [1.54, 1.807) is 21.1 Å². The summed E-state index contributed by atoms with van der Waals surface area (Å²) in [5.74, 6) is -1.74. The smallest absolute Gasteiger partial charge is 0.306 e. The van der Waals surface area contributed by atoms with Crippen LogP contribution in [0.1, 0.15) is 213 Å². The van der Waals surface area contributed by atoms with E-state index in [-0.39, 0.29) is 42.7 Å². The Morgan fingerprint density at radius 3 is 1.32 bits per heavy atom. The summed E-state index contributed by atoms with van der Waals surface area (Å²) in [7, 11) is 5.41. The molecular weight excluding hydrogens is 703 g/mol. The molecule has 0 saturated carbocycles. The maximum Gasteiger partial charge on any atom is 0.306 e. The van der Waals surface area contributed by atoms with Crippen molar-refractivity contribution in [3.05, 3.63) is 24.3 Å². The van der Waals surface area contributed by atoms with Crippen LogP contribution in [0.15, 0.2) is 24.3 Å². The van der Waals surface area contributed by atoms with Gasteiger partial charge in [-0.3, -0.25) is 9.59 Å². The molecule has 0 spiro atoms. The topological polar surface area (TPSA) is 102 Å². The van der Waals surface area contributed by atoms with Crippen LogP contribution >= 0.6 is 0 Å². The van der Waals surface area contributed by atoms with Crippen molar-refractivity contribution >= 4 is 17.9 Å². The molecule has 2 atom stereocenters. The molecule has 8 heteroatoms. The van der Waals surface area contributed by atoms with Crippen molar-refractivity contribution in [2.24, 2.45) is 0 Å². The van der Waals surface area contributed by atoms with Crippen molar-refractivity contribution in [2.75, 3.05) is 41.0 Å². The summed E-state index contributed by atoms with van der Waals surface area (Å²) in [6.07, 6.45) is 43.4. The summed E-state index contributed by atoms with van der Waals surface area (Å²) in [5.41, 5.74) is 0. The van der Waals surface area contributed by atoms with E-state index in [0.717, 1.165) is 51.4 Å². The standard InChI is InChI=1S/C48H89NO7/c1-6-8-10-12-14-16-18-20-21-22-23-24-25-26-27-29-31-33-35-37-39-47(51)56-44(42-54-41-40-45(48(52)53)49(3,4)5)43-55-46(50)38-36-34-32-30-28-19-17-15-13-11-9-7-2/h15,17,23-24,44-45H,6-14,16,18-22,25-43H2,1-5H3/b17-15+,24-23+. The van der Waals surface area contributed by atoms with Crippen LogP contribution in [-0.4, -0.2) is 75.5 Å². The van der Waals surface area contributed by atoms with Gasteiger partial charge in [0.25, 0.3) is 0 Å². The lowest BCUT2D eigenvalue weighted by Crippen LogP contribution is -2.55. The lowest BCUT2D eigenvalue weighted by Gasteiger charge is -2.34. The molecule has 8 nitrogen and oxygen atoms in total. The first kappa shape index (κ1) is 53.8. The number of allylic oxidation sites excluding steroid dienone is 4. The molecule has 0 fully saturated rings. The normalized spacial score (nSPS) is 13.1. The quantitative estimate of drug-likeness (QED) is 0.0262. The van der Waals surface area contributed by atoms with Crippen molar-refractivity contribution in [3.63, 3.8) is 0 Å². The number of carbonyl (C=O) groups excluding carboxylic acids is 3. The van der Waals surface area contributed by atoms with Crippen molar-refractivity contribution in [3.8, 4) is 0 Å². The Morgan fingerprint density at radius 2 is 0.893 bits per heavy atom. The van der Waals surface area contributed by atoms with Crippen LogP contribution in [0.4, 0.5) is 0 Å². The fraction of sp³-hybridized carbons (Fsp3) is 0.854. The molecule has 0 aliphatic rings. The van der Waals surface area contributed by atoms with Crippen molar-refractivity contribution in [1.82, 2.24) is 0 Å². The minimum Gasteiger partial charge on any atom is -0.544 e. The number of carbonyl (C=O) groups is 3. The molecule has 328 valence electrons. The van der Waals surface area contributed by atoms with E-state index in [2.05, 4.69) is 38.2 Å². The summed E-state index contributed by atoms with van der Waals surface area (Å²) < 4.78 is 17.2. The van der Waals surface area contributed by atoms with E-state index in [1.807, 2.05) is 0 Å². The minimum absolute atomic E-state index is 0.0391. The summed E-state index contributed by atoms with van der Waals surface area (Å²) >= 11 is 0. The number of rotatable bonds is 42. The zero-order chi connectivity index (χ0) is 41.4. The first-order chi connectivity index (χ1) is 27.1. The van der Waals surface area contributed by atoms with Gasteiger partial charge in [0.15, 0.2) is 6.10 Å². The first-order valence-electron chi connectivity index (χ1n) is 23.4. The fourth-order valence-electron chi connectivity index (χ4n) is 6.88. The average Bonchev–Trinajstić information content (AvgIpc) is 3.15. The summed E-state index contributed by atoms with van der Waals surface area (Å²) in [6, 6.07) is -0.725. The van der Waals surface area contributed by atoms with Crippen LogP contribution < -0.4 is 5.11 Å². The van der Waals surface area contributed by atoms with E-state index < -0.39 is 18.1 Å². The molecule has 0 saturated heterocycles. The number of hydrogen-bond acceptors (Lipinski definition) is 7. The van der Waals surface area contributed by atoms with Crippen molar-refractivity contribution < 1.29 is 38.2 Å². The van der Waals surface area contributed by atoms with E-state index in [9.17, 15) is 19.5 Å². The van der Waals surface area contributed by atoms with Gasteiger partial charge in [-0.1, -0.05) is 154 Å². The van der Waals surface area contributed by atoms with Crippen LogP contribution in [0.25, 0.3) is 0 Å². The number of nitrogens with zero attached hydrogens (tertiary/aromatic N) is 1. The molecule has 0 aromatic heterocycles. The Bertz CT molecular complexity index is 973. The second kappa shape index (κ2) is 39.6. The summed E-state index contributed by atoms with van der Waals surface area (Å²) in [5, 5.41) is 11.6. The number of unbranched alkanes of at least 4 members (excludes halogenated alkanes) is 24. The van der Waals surface area contributed by atoms with Gasteiger partial charge in [-0.25, -0.2) is 0 Å². The molecule has 0 aliphatic heterocycles. The molecule has 0 aromatic rings. The van der Waals surface area contributed by atoms with Crippen LogP contribution in [0, 0.1) is 0 Å². The number of quaternary nitrogens is 1. The van der Waals surface area contributed by atoms with E-state index in [1.165, 1.54) is 128 Å². The number of ether oxygens (including phenoxy) is 3. The number of esters is 2. The molecule has 0 N–H and O–H groups in total. The van der Waals surface area contributed by atoms with Gasteiger partial charge in [0, 0.05) is 19.3 Å². The van der Waals surface area contributed by atoms with Crippen molar-refractivity contribution in [2.45, 2.75) is 225 Å². The minimum atomic E-state index is -1.13. The van der Waals surface area contributed by atoms with Gasteiger partial charge in [-0.15, -0.1) is 0 Å². The number of aliphatic carboxylic acids is 1. The molecule has 0 rings (SSSR count). The van der Waals surface area contributed by atoms with Crippen LogP contribution in [0.3, 0.4) is 0 Å². The molecule has 0 aliphatic carbocycles. The third-order valence-corrected chi connectivity index (χ3v) is 10.6. The monoisotopic (exact) mass is 792 g/mol. The van der Waals surface area contributed by atoms with Crippen molar-refractivity contribution in [1.29, 1.82) is 0 Å². The first-order valence-corrected chi connectivity index (χ1v) is 23.4. The van der Waals surface area contributed by atoms with E-state index in [4.69, 9.17) is 14.2 Å². The van der Waals surface area contributed by atoms with Crippen LogP contribution in [-0.2, 0) is 28.6 Å². The van der Waals surface area contributed by atoms with Crippen LogP contribution in [0.2, 0.25) is 0 Å². The maximum absolute atomic E-state index is 12.7. The van der Waals surface area contributed by atoms with Gasteiger partial charge < -0.3 is 28.6 Å². The largest absolute Gasteiger partial charge is 0.544 e. The molecule has 0 heterocycles. The highest BCUT2D eigenvalue weighted by molar-refractivity contribution is 5.70. The highest BCUT2D eigenvalue weighted by atomic mass is 16.6. The second-order valence-electron chi connectivity index (χ2n) is 17.0. The Hall–Kier alpha value is -2.19. The van der Waals surface area contributed by atoms with E-state index in [0.29, 0.717) is 12.8 Å². The van der Waals surface area contributed by atoms with E-state index >= 15 is 0 Å². The van der Waals surface area contributed by atoms with Gasteiger partial charge in [-0.05, 0) is 64.2 Å². The number of carboxylic acid groups (broad SMARTS) is 1. The predicted molar refractivity (Wildman–Crippen MR) is 231 cm³/mol. The molecule has 0 bridgehead atoms. The predicted octanol–water partition coefficient (Wildman–Crippen LogP) is 11.5. The lowest BCUT2D eigenvalue weighted by molar-refractivity contribution is -0.889. The van der Waals surface area contributed by atoms with Gasteiger partial charge >= 0.3 is 11.9 Å². The third kappa shape index (κ3) is 37.4.